The fourth-order valence-corrected chi connectivity index (χ4v) is 4.92. The van der Waals surface area contributed by atoms with E-state index in [1.165, 1.54) is 36.2 Å². The number of hydrogen-bond acceptors (Lipinski definition) is 4. The fraction of sp³-hybridized carbons (Fsp3) is 0.417. The lowest BCUT2D eigenvalue weighted by molar-refractivity contribution is -0.141. The maximum atomic E-state index is 13.5. The van der Waals surface area contributed by atoms with Crippen molar-refractivity contribution in [3.05, 3.63) is 63.1 Å². The topological polar surface area (TPSA) is 86.8 Å². The molecule has 2 atom stereocenters. The van der Waals surface area contributed by atoms with Crippen LogP contribution in [0.2, 0.25) is 15.1 Å². The van der Waals surface area contributed by atoms with E-state index in [0.29, 0.717) is 27.1 Å². The molecule has 0 saturated carbocycles. The molecule has 1 N–H and O–H groups in total. The van der Waals surface area contributed by atoms with Crippen molar-refractivity contribution in [2.24, 2.45) is 0 Å². The molecule has 2 aromatic rings. The van der Waals surface area contributed by atoms with E-state index in [2.05, 4.69) is 5.32 Å². The van der Waals surface area contributed by atoms with Crippen LogP contribution in [0.5, 0.6) is 0 Å². The molecule has 0 aliphatic heterocycles. The van der Waals surface area contributed by atoms with Crippen LogP contribution in [0.1, 0.15) is 39.2 Å². The number of carbonyl (C=O) groups excluding carboxylic acids is 2. The van der Waals surface area contributed by atoms with Crippen molar-refractivity contribution in [2.75, 3.05) is 13.6 Å². The summed E-state index contributed by atoms with van der Waals surface area (Å²) < 4.78 is 27.0. The Morgan fingerprint density at radius 1 is 0.971 bits per heavy atom. The molecule has 2 aromatic carbocycles. The third-order valence-electron chi connectivity index (χ3n) is 5.60. The number of sulfonamides is 1. The third-order valence-corrected chi connectivity index (χ3v) is 8.41. The first-order valence-electron chi connectivity index (χ1n) is 11.2. The minimum atomic E-state index is -3.96. The standard InChI is InChI=1S/C24H30Cl3N3O4S/c1-5-16(3)28-24(32)22(6-2)30(14-17-7-12-20(26)21(27)13-17)23(31)15-29(4)35(33,34)19-10-8-18(25)9-11-19/h7-13,16,22H,5-6,14-15H2,1-4H3,(H,28,32)/t16-,22-/m1/s1. The van der Waals surface area contributed by atoms with Gasteiger partial charge >= 0.3 is 0 Å². The molecule has 0 unspecified atom stereocenters. The van der Waals surface area contributed by atoms with Gasteiger partial charge < -0.3 is 10.2 Å². The van der Waals surface area contributed by atoms with Gasteiger partial charge in [0.25, 0.3) is 0 Å². The molecule has 7 nitrogen and oxygen atoms in total. The van der Waals surface area contributed by atoms with E-state index >= 15 is 0 Å². The van der Waals surface area contributed by atoms with Crippen molar-refractivity contribution >= 4 is 56.6 Å². The molecular weight excluding hydrogens is 533 g/mol. The first-order valence-corrected chi connectivity index (χ1v) is 13.7. The maximum absolute atomic E-state index is 13.5. The Bertz CT molecular complexity index is 1140. The molecular formula is C24H30Cl3N3O4S. The number of halogens is 3. The van der Waals surface area contributed by atoms with E-state index in [9.17, 15) is 18.0 Å². The van der Waals surface area contributed by atoms with Crippen LogP contribution in [-0.4, -0.2) is 55.1 Å². The Hall–Kier alpha value is -1.84. The van der Waals surface area contributed by atoms with Crippen LogP contribution in [0.4, 0.5) is 0 Å². The molecule has 0 radical (unpaired) electrons. The summed E-state index contributed by atoms with van der Waals surface area (Å²) in [6, 6.07) is 9.74. The molecule has 0 aliphatic rings. The van der Waals surface area contributed by atoms with Crippen molar-refractivity contribution in [1.29, 1.82) is 0 Å². The minimum Gasteiger partial charge on any atom is -0.352 e. The zero-order chi connectivity index (χ0) is 26.3. The van der Waals surface area contributed by atoms with E-state index in [4.69, 9.17) is 34.8 Å². The molecule has 0 saturated heterocycles. The van der Waals surface area contributed by atoms with Crippen LogP contribution in [0.15, 0.2) is 47.4 Å². The lowest BCUT2D eigenvalue weighted by Gasteiger charge is -2.32. The van der Waals surface area contributed by atoms with Crippen LogP contribution in [0, 0.1) is 0 Å². The zero-order valence-corrected chi connectivity index (χ0v) is 23.2. The smallest absolute Gasteiger partial charge is 0.243 e. The molecule has 0 bridgehead atoms. The van der Waals surface area contributed by atoms with E-state index in [0.717, 1.165) is 10.7 Å². The minimum absolute atomic E-state index is 0.00906. The number of rotatable bonds is 11. The summed E-state index contributed by atoms with van der Waals surface area (Å²) in [4.78, 5) is 27.9. The highest BCUT2D eigenvalue weighted by atomic mass is 35.5. The van der Waals surface area contributed by atoms with E-state index in [-0.39, 0.29) is 23.4 Å². The summed E-state index contributed by atoms with van der Waals surface area (Å²) in [7, 11) is -2.64. The number of likely N-dealkylation sites (N-methyl/N-ethyl adjacent to an activating group) is 1. The Kier molecular flexibility index (Phi) is 10.9. The van der Waals surface area contributed by atoms with Gasteiger partial charge in [0.2, 0.25) is 21.8 Å². The van der Waals surface area contributed by atoms with Gasteiger partial charge in [-0.3, -0.25) is 9.59 Å². The predicted octanol–water partition coefficient (Wildman–Crippen LogP) is 4.99. The van der Waals surface area contributed by atoms with Gasteiger partial charge in [0, 0.05) is 24.7 Å². The summed E-state index contributed by atoms with van der Waals surface area (Å²) >= 11 is 18.0. The molecule has 11 heteroatoms. The summed E-state index contributed by atoms with van der Waals surface area (Å²) in [6.45, 7) is 5.21. The molecule has 192 valence electrons. The van der Waals surface area contributed by atoms with Crippen LogP contribution < -0.4 is 5.32 Å². The van der Waals surface area contributed by atoms with Crippen LogP contribution in [0.25, 0.3) is 0 Å². The Morgan fingerprint density at radius 3 is 2.14 bits per heavy atom. The van der Waals surface area contributed by atoms with Gasteiger partial charge in [-0.05, 0) is 61.7 Å². The molecule has 2 rings (SSSR count). The van der Waals surface area contributed by atoms with Gasteiger partial charge in [0.1, 0.15) is 6.04 Å². The average Bonchev–Trinajstić information content (AvgIpc) is 2.81. The Balaban J connectivity index is 2.35. The van der Waals surface area contributed by atoms with Gasteiger partial charge in [-0.2, -0.15) is 4.31 Å². The summed E-state index contributed by atoms with van der Waals surface area (Å²) in [6.07, 6.45) is 1.06. The van der Waals surface area contributed by atoms with Crippen molar-refractivity contribution in [3.63, 3.8) is 0 Å². The number of carbonyl (C=O) groups is 2. The second-order valence-corrected chi connectivity index (χ2v) is 11.5. The normalized spacial score (nSPS) is 13.4. The molecule has 35 heavy (non-hydrogen) atoms. The largest absolute Gasteiger partial charge is 0.352 e. The summed E-state index contributed by atoms with van der Waals surface area (Å²) in [5.41, 5.74) is 0.658. The Labute approximate surface area is 222 Å². The van der Waals surface area contributed by atoms with Crippen molar-refractivity contribution < 1.29 is 18.0 Å². The van der Waals surface area contributed by atoms with Crippen LogP contribution in [-0.2, 0) is 26.2 Å². The molecule has 0 fully saturated rings. The first-order chi connectivity index (χ1) is 16.4. The lowest BCUT2D eigenvalue weighted by atomic mass is 10.1. The summed E-state index contributed by atoms with van der Waals surface area (Å²) in [5.74, 6) is -0.833. The van der Waals surface area contributed by atoms with Crippen LogP contribution in [0.3, 0.4) is 0 Å². The maximum Gasteiger partial charge on any atom is 0.243 e. The van der Waals surface area contributed by atoms with Gasteiger partial charge in [-0.25, -0.2) is 8.42 Å². The quantitative estimate of drug-likeness (QED) is 0.418. The van der Waals surface area contributed by atoms with E-state index in [1.54, 1.807) is 25.1 Å². The predicted molar refractivity (Wildman–Crippen MR) is 140 cm³/mol. The molecule has 0 aliphatic carbocycles. The SMILES string of the molecule is CC[C@@H](C)NC(=O)[C@@H](CC)N(Cc1ccc(Cl)c(Cl)c1)C(=O)CN(C)S(=O)(=O)c1ccc(Cl)cc1. The molecule has 0 heterocycles. The van der Waals surface area contributed by atoms with Crippen molar-refractivity contribution in [2.45, 2.75) is 57.1 Å². The van der Waals surface area contributed by atoms with Gasteiger partial charge in [0.15, 0.2) is 0 Å². The first kappa shape index (κ1) is 29.4. The van der Waals surface area contributed by atoms with Gasteiger partial charge in [0.05, 0.1) is 21.5 Å². The average molecular weight is 563 g/mol. The number of nitrogens with one attached hydrogen (secondary N) is 1. The van der Waals surface area contributed by atoms with Crippen molar-refractivity contribution in [1.82, 2.24) is 14.5 Å². The number of nitrogens with zero attached hydrogens (tertiary/aromatic N) is 2. The highest BCUT2D eigenvalue weighted by Gasteiger charge is 2.32. The molecule has 0 spiro atoms. The highest BCUT2D eigenvalue weighted by Crippen LogP contribution is 2.24. The second kappa shape index (κ2) is 12.9. The number of amides is 2. The monoisotopic (exact) mass is 561 g/mol. The van der Waals surface area contributed by atoms with Crippen molar-refractivity contribution in [3.8, 4) is 0 Å². The number of hydrogen-bond donors (Lipinski definition) is 1. The van der Waals surface area contributed by atoms with E-state index < -0.39 is 28.5 Å². The zero-order valence-electron chi connectivity index (χ0n) is 20.1. The Morgan fingerprint density at radius 2 is 1.60 bits per heavy atom. The van der Waals surface area contributed by atoms with Gasteiger partial charge in [-0.1, -0.05) is 54.7 Å². The fourth-order valence-electron chi connectivity index (χ4n) is 3.35. The van der Waals surface area contributed by atoms with Crippen LogP contribution >= 0.6 is 34.8 Å². The van der Waals surface area contributed by atoms with E-state index in [1.807, 2.05) is 13.8 Å². The third kappa shape index (κ3) is 7.82. The molecule has 0 aromatic heterocycles. The number of benzene rings is 2. The molecule has 2 amide bonds. The lowest BCUT2D eigenvalue weighted by Crippen LogP contribution is -2.53. The van der Waals surface area contributed by atoms with Gasteiger partial charge in [-0.15, -0.1) is 0 Å². The summed E-state index contributed by atoms with van der Waals surface area (Å²) in [5, 5.41) is 3.99. The second-order valence-electron chi connectivity index (χ2n) is 8.23. The highest BCUT2D eigenvalue weighted by molar-refractivity contribution is 7.89.